The van der Waals surface area contributed by atoms with Crippen LogP contribution in [0.2, 0.25) is 24.2 Å². The van der Waals surface area contributed by atoms with Crippen molar-refractivity contribution in [1.82, 2.24) is 0 Å². The molecule has 110 valence electrons. The van der Waals surface area contributed by atoms with Crippen LogP contribution >= 0.6 is 0 Å². The van der Waals surface area contributed by atoms with Crippen molar-refractivity contribution < 1.29 is 0 Å². The van der Waals surface area contributed by atoms with Crippen LogP contribution in [0.4, 0.5) is 0 Å². The lowest BCUT2D eigenvalue weighted by atomic mass is 10.1. The van der Waals surface area contributed by atoms with Crippen molar-refractivity contribution in [2.24, 2.45) is 5.73 Å². The molecule has 0 spiro atoms. The van der Waals surface area contributed by atoms with E-state index in [1.807, 2.05) is 0 Å². The number of hydrogen-bond acceptors (Lipinski definition) is 1. The molecule has 0 saturated carbocycles. The summed E-state index contributed by atoms with van der Waals surface area (Å²) in [5.74, 6) is 0. The highest BCUT2D eigenvalue weighted by molar-refractivity contribution is 6.79. The smallest absolute Gasteiger partial charge is 0.0527 e. The van der Waals surface area contributed by atoms with E-state index in [4.69, 9.17) is 5.73 Å². The van der Waals surface area contributed by atoms with E-state index in [1.165, 1.54) is 69.5 Å². The summed E-state index contributed by atoms with van der Waals surface area (Å²) < 4.78 is 0. The van der Waals surface area contributed by atoms with Crippen LogP contribution in [0.15, 0.2) is 0 Å². The molecule has 0 aromatic carbocycles. The molecule has 18 heavy (non-hydrogen) atoms. The maximum Gasteiger partial charge on any atom is 0.0527 e. The van der Waals surface area contributed by atoms with Crippen molar-refractivity contribution in [3.63, 3.8) is 0 Å². The van der Waals surface area contributed by atoms with E-state index in [9.17, 15) is 0 Å². The molecule has 1 nitrogen and oxygen atoms in total. The first-order valence-corrected chi connectivity index (χ1v) is 11.3. The lowest BCUT2D eigenvalue weighted by Gasteiger charge is -2.28. The fourth-order valence-electron chi connectivity index (χ4n) is 2.99. The molecule has 0 aromatic heterocycles. The Kier molecular flexibility index (Phi) is 12.3. The van der Waals surface area contributed by atoms with Gasteiger partial charge in [0.05, 0.1) is 8.07 Å². The Morgan fingerprint density at radius 1 is 0.611 bits per heavy atom. The molecular weight excluding hydrogens is 234 g/mol. The van der Waals surface area contributed by atoms with Crippen molar-refractivity contribution in [3.8, 4) is 0 Å². The maximum absolute atomic E-state index is 5.49. The zero-order valence-corrected chi connectivity index (χ0v) is 14.3. The average molecular weight is 272 g/mol. The second-order valence-electron chi connectivity index (χ2n) is 5.93. The molecule has 0 rings (SSSR count). The molecule has 0 aliphatic rings. The molecule has 2 heteroatoms. The van der Waals surface area contributed by atoms with Crippen LogP contribution in [0.25, 0.3) is 0 Å². The van der Waals surface area contributed by atoms with Crippen LogP contribution < -0.4 is 5.73 Å². The van der Waals surface area contributed by atoms with Crippen LogP contribution in [0.3, 0.4) is 0 Å². The minimum Gasteiger partial charge on any atom is -0.330 e. The third-order valence-electron chi connectivity index (χ3n) is 4.91. The largest absolute Gasteiger partial charge is 0.330 e. The van der Waals surface area contributed by atoms with Crippen molar-refractivity contribution >= 4 is 8.07 Å². The summed E-state index contributed by atoms with van der Waals surface area (Å²) in [6.45, 7) is 8.15. The van der Waals surface area contributed by atoms with Crippen molar-refractivity contribution in [2.45, 2.75) is 96.3 Å². The molecular formula is C16H37NSi. The highest BCUT2D eigenvalue weighted by atomic mass is 28.3. The van der Waals surface area contributed by atoms with Gasteiger partial charge >= 0.3 is 0 Å². The normalized spacial score (nSPS) is 12.0. The van der Waals surface area contributed by atoms with Gasteiger partial charge in [0, 0.05) is 0 Å². The molecule has 0 bridgehead atoms. The summed E-state index contributed by atoms with van der Waals surface area (Å²) in [6, 6.07) is 6.08. The van der Waals surface area contributed by atoms with Gasteiger partial charge in [0.15, 0.2) is 0 Å². The summed E-state index contributed by atoms with van der Waals surface area (Å²) in [4.78, 5) is 0. The molecule has 0 aliphatic heterocycles. The number of unbranched alkanes of at least 4 members (excludes halogenated alkanes) is 7. The van der Waals surface area contributed by atoms with E-state index in [-0.39, 0.29) is 0 Å². The number of nitrogens with two attached hydrogens (primary N) is 1. The van der Waals surface area contributed by atoms with Crippen LogP contribution in [0.1, 0.15) is 72.1 Å². The number of rotatable bonds is 13. The van der Waals surface area contributed by atoms with Gasteiger partial charge < -0.3 is 5.73 Å². The Morgan fingerprint density at radius 3 is 1.39 bits per heavy atom. The van der Waals surface area contributed by atoms with Crippen LogP contribution in [0.5, 0.6) is 0 Å². The third kappa shape index (κ3) is 8.31. The summed E-state index contributed by atoms with van der Waals surface area (Å²) in [5.41, 5.74) is 5.49. The Hall–Kier alpha value is 0.177. The summed E-state index contributed by atoms with van der Waals surface area (Å²) in [6.07, 6.45) is 11.3. The lowest BCUT2D eigenvalue weighted by Crippen LogP contribution is -2.30. The molecule has 0 atom stereocenters. The fraction of sp³-hybridized carbons (Fsp3) is 1.00. The highest BCUT2D eigenvalue weighted by Gasteiger charge is 2.25. The van der Waals surface area contributed by atoms with Gasteiger partial charge in [-0.2, -0.15) is 0 Å². The predicted molar refractivity (Wildman–Crippen MR) is 88.0 cm³/mol. The topological polar surface area (TPSA) is 26.0 Å². The highest BCUT2D eigenvalue weighted by Crippen LogP contribution is 2.27. The Bertz CT molecular complexity index is 158. The molecule has 0 aromatic rings. The summed E-state index contributed by atoms with van der Waals surface area (Å²) >= 11 is 0. The summed E-state index contributed by atoms with van der Waals surface area (Å²) in [7, 11) is -0.817. The van der Waals surface area contributed by atoms with Crippen molar-refractivity contribution in [3.05, 3.63) is 0 Å². The maximum atomic E-state index is 5.49. The van der Waals surface area contributed by atoms with E-state index in [0.717, 1.165) is 6.54 Å². The first-order chi connectivity index (χ1) is 8.74. The monoisotopic (exact) mass is 271 g/mol. The van der Waals surface area contributed by atoms with Gasteiger partial charge in [0.25, 0.3) is 0 Å². The predicted octanol–water partition coefficient (Wildman–Crippen LogP) is 5.57. The van der Waals surface area contributed by atoms with Crippen molar-refractivity contribution in [1.29, 1.82) is 0 Å². The minimum atomic E-state index is -0.817. The van der Waals surface area contributed by atoms with Gasteiger partial charge in [-0.25, -0.2) is 0 Å². The van der Waals surface area contributed by atoms with Crippen molar-refractivity contribution in [2.75, 3.05) is 6.54 Å². The van der Waals surface area contributed by atoms with E-state index >= 15 is 0 Å². The van der Waals surface area contributed by atoms with Gasteiger partial charge in [0.2, 0.25) is 0 Å². The van der Waals surface area contributed by atoms with Gasteiger partial charge in [0.1, 0.15) is 0 Å². The molecule has 0 unspecified atom stereocenters. The van der Waals surface area contributed by atoms with Gasteiger partial charge in [-0.3, -0.25) is 0 Å². The second-order valence-corrected chi connectivity index (χ2v) is 11.5. The van der Waals surface area contributed by atoms with E-state index in [1.54, 1.807) is 6.04 Å². The number of hydrogen-bond donors (Lipinski definition) is 1. The molecule has 0 aliphatic carbocycles. The Balaban J connectivity index is 3.38. The average Bonchev–Trinajstić information content (AvgIpc) is 2.42. The quantitative estimate of drug-likeness (QED) is 0.344. The Labute approximate surface area is 117 Å². The van der Waals surface area contributed by atoms with E-state index in [0.29, 0.717) is 0 Å². The van der Waals surface area contributed by atoms with Crippen LogP contribution in [-0.2, 0) is 0 Å². The molecule has 0 amide bonds. The first kappa shape index (κ1) is 18.2. The molecule has 0 heterocycles. The SMILES string of the molecule is CC[Si](CC)(CC)CCCCCCCCCCN. The van der Waals surface area contributed by atoms with Crippen LogP contribution in [-0.4, -0.2) is 14.6 Å². The zero-order chi connectivity index (χ0) is 13.7. The standard InChI is InChI=1S/C16H37NSi/c1-4-18(5-2,6-3)16-14-12-10-8-7-9-11-13-15-17/h4-17H2,1-3H3. The van der Waals surface area contributed by atoms with E-state index in [2.05, 4.69) is 20.8 Å². The van der Waals surface area contributed by atoms with Crippen LogP contribution in [0, 0.1) is 0 Å². The molecule has 0 radical (unpaired) electrons. The van der Waals surface area contributed by atoms with E-state index < -0.39 is 8.07 Å². The molecule has 0 fully saturated rings. The lowest BCUT2D eigenvalue weighted by molar-refractivity contribution is 0.576. The molecule has 2 N–H and O–H groups in total. The second kappa shape index (κ2) is 12.2. The minimum absolute atomic E-state index is 0.817. The fourth-order valence-corrected chi connectivity index (χ4v) is 6.55. The first-order valence-electron chi connectivity index (χ1n) is 8.44. The Morgan fingerprint density at radius 2 is 1.00 bits per heavy atom. The van der Waals surface area contributed by atoms with Gasteiger partial charge in [-0.15, -0.1) is 0 Å². The molecule has 0 saturated heterocycles. The third-order valence-corrected chi connectivity index (χ3v) is 10.8. The van der Waals surface area contributed by atoms with Gasteiger partial charge in [-0.1, -0.05) is 89.9 Å². The van der Waals surface area contributed by atoms with Gasteiger partial charge in [-0.05, 0) is 13.0 Å². The summed E-state index contributed by atoms with van der Waals surface area (Å²) in [5, 5.41) is 0. The zero-order valence-electron chi connectivity index (χ0n) is 13.3.